The molecular formula is C11H19N3. The van der Waals surface area contributed by atoms with Gasteiger partial charge in [-0.2, -0.15) is 5.10 Å². The molecule has 1 aliphatic heterocycles. The second kappa shape index (κ2) is 4.13. The number of rotatable bonds is 3. The van der Waals surface area contributed by atoms with Crippen molar-refractivity contribution in [2.75, 3.05) is 13.1 Å². The van der Waals surface area contributed by atoms with Crippen molar-refractivity contribution in [2.24, 2.45) is 5.92 Å². The van der Waals surface area contributed by atoms with E-state index in [2.05, 4.69) is 35.4 Å². The Morgan fingerprint density at radius 3 is 3.00 bits per heavy atom. The summed E-state index contributed by atoms with van der Waals surface area (Å²) in [5.74, 6) is 1.41. The van der Waals surface area contributed by atoms with E-state index in [-0.39, 0.29) is 0 Å². The van der Waals surface area contributed by atoms with Gasteiger partial charge >= 0.3 is 0 Å². The highest BCUT2D eigenvalue weighted by Gasteiger charge is 2.29. The molecule has 2 unspecified atom stereocenters. The molecule has 0 aromatic carbocycles. The molecule has 3 nitrogen and oxygen atoms in total. The number of aromatic nitrogens is 2. The summed E-state index contributed by atoms with van der Waals surface area (Å²) in [5, 5.41) is 10.9. The van der Waals surface area contributed by atoms with Crippen molar-refractivity contribution in [2.45, 2.75) is 32.6 Å². The molecule has 1 aromatic rings. The van der Waals surface area contributed by atoms with Crippen molar-refractivity contribution < 1.29 is 0 Å². The fourth-order valence-corrected chi connectivity index (χ4v) is 2.38. The second-order valence-electron chi connectivity index (χ2n) is 4.29. The summed E-state index contributed by atoms with van der Waals surface area (Å²) in [5.41, 5.74) is 2.41. The molecule has 78 valence electrons. The molecule has 0 radical (unpaired) electrons. The Labute approximate surface area is 85.3 Å². The van der Waals surface area contributed by atoms with Gasteiger partial charge in [0.1, 0.15) is 0 Å². The molecule has 2 rings (SSSR count). The van der Waals surface area contributed by atoms with Crippen LogP contribution in [0.2, 0.25) is 0 Å². The molecule has 1 aromatic heterocycles. The molecule has 2 atom stereocenters. The minimum atomic E-state index is 0.625. The van der Waals surface area contributed by atoms with E-state index in [1.54, 1.807) is 0 Å². The quantitative estimate of drug-likeness (QED) is 0.768. The van der Waals surface area contributed by atoms with Crippen LogP contribution in [0.15, 0.2) is 6.07 Å². The lowest BCUT2D eigenvalue weighted by atomic mass is 9.89. The summed E-state index contributed by atoms with van der Waals surface area (Å²) < 4.78 is 0. The summed E-state index contributed by atoms with van der Waals surface area (Å²) in [4.78, 5) is 0. The van der Waals surface area contributed by atoms with Gasteiger partial charge in [-0.15, -0.1) is 0 Å². The molecular weight excluding hydrogens is 174 g/mol. The minimum absolute atomic E-state index is 0.625. The Bertz CT molecular complexity index is 292. The Kier molecular flexibility index (Phi) is 2.87. The summed E-state index contributed by atoms with van der Waals surface area (Å²) in [7, 11) is 0. The van der Waals surface area contributed by atoms with Gasteiger partial charge in [-0.3, -0.25) is 5.10 Å². The smallest absolute Gasteiger partial charge is 0.0671 e. The SMILES string of the molecule is CCCC1CNCC1c1cc(C)[nH]n1. The molecule has 14 heavy (non-hydrogen) atoms. The van der Waals surface area contributed by atoms with Crippen LogP contribution in [0.3, 0.4) is 0 Å². The fourth-order valence-electron chi connectivity index (χ4n) is 2.38. The van der Waals surface area contributed by atoms with Crippen LogP contribution in [0.25, 0.3) is 0 Å². The van der Waals surface area contributed by atoms with Crippen molar-refractivity contribution in [3.05, 3.63) is 17.5 Å². The third kappa shape index (κ3) is 1.82. The predicted octanol–water partition coefficient (Wildman–Crippen LogP) is 1.82. The summed E-state index contributed by atoms with van der Waals surface area (Å²) >= 11 is 0. The minimum Gasteiger partial charge on any atom is -0.316 e. The Morgan fingerprint density at radius 1 is 1.50 bits per heavy atom. The number of nitrogens with one attached hydrogen (secondary N) is 2. The Balaban J connectivity index is 2.09. The molecule has 0 amide bonds. The predicted molar refractivity (Wildman–Crippen MR) is 57.3 cm³/mol. The van der Waals surface area contributed by atoms with E-state index in [4.69, 9.17) is 0 Å². The standard InChI is InChI=1S/C11H19N3/c1-3-4-9-6-12-7-10(9)11-5-8(2)13-14-11/h5,9-10,12H,3-4,6-7H2,1-2H3,(H,13,14). The van der Waals surface area contributed by atoms with E-state index in [1.165, 1.54) is 24.2 Å². The maximum atomic E-state index is 4.37. The highest BCUT2D eigenvalue weighted by atomic mass is 15.1. The van der Waals surface area contributed by atoms with Gasteiger partial charge in [-0.05, 0) is 31.9 Å². The molecule has 1 fully saturated rings. The number of H-pyrrole nitrogens is 1. The van der Waals surface area contributed by atoms with Crippen LogP contribution in [0.1, 0.15) is 37.1 Å². The average molecular weight is 193 g/mol. The summed E-state index contributed by atoms with van der Waals surface area (Å²) in [6.07, 6.45) is 2.58. The van der Waals surface area contributed by atoms with E-state index >= 15 is 0 Å². The number of aryl methyl sites for hydroxylation is 1. The maximum Gasteiger partial charge on any atom is 0.0671 e. The number of hydrogen-bond acceptors (Lipinski definition) is 2. The lowest BCUT2D eigenvalue weighted by molar-refractivity contribution is 0.466. The molecule has 2 N–H and O–H groups in total. The van der Waals surface area contributed by atoms with Crippen LogP contribution in [-0.4, -0.2) is 23.3 Å². The van der Waals surface area contributed by atoms with Crippen LogP contribution in [0, 0.1) is 12.8 Å². The first kappa shape index (κ1) is 9.71. The van der Waals surface area contributed by atoms with Crippen molar-refractivity contribution in [1.82, 2.24) is 15.5 Å². The molecule has 3 heteroatoms. The van der Waals surface area contributed by atoms with E-state index in [1.807, 2.05) is 0 Å². The van der Waals surface area contributed by atoms with Crippen molar-refractivity contribution >= 4 is 0 Å². The van der Waals surface area contributed by atoms with Gasteiger partial charge in [-0.1, -0.05) is 13.3 Å². The third-order valence-corrected chi connectivity index (χ3v) is 3.10. The monoisotopic (exact) mass is 193 g/mol. The van der Waals surface area contributed by atoms with E-state index in [0.717, 1.165) is 19.0 Å². The number of nitrogens with zero attached hydrogens (tertiary/aromatic N) is 1. The van der Waals surface area contributed by atoms with E-state index < -0.39 is 0 Å². The second-order valence-corrected chi connectivity index (χ2v) is 4.29. The lowest BCUT2D eigenvalue weighted by Crippen LogP contribution is -2.10. The largest absolute Gasteiger partial charge is 0.316 e. The van der Waals surface area contributed by atoms with Crippen LogP contribution in [-0.2, 0) is 0 Å². The Morgan fingerprint density at radius 2 is 2.36 bits per heavy atom. The lowest BCUT2D eigenvalue weighted by Gasteiger charge is -2.14. The molecule has 2 heterocycles. The first-order chi connectivity index (χ1) is 6.81. The third-order valence-electron chi connectivity index (χ3n) is 3.10. The van der Waals surface area contributed by atoms with Gasteiger partial charge in [0, 0.05) is 18.2 Å². The Hall–Kier alpha value is -0.830. The topological polar surface area (TPSA) is 40.7 Å². The highest BCUT2D eigenvalue weighted by Crippen LogP contribution is 2.30. The maximum absolute atomic E-state index is 4.37. The normalized spacial score (nSPS) is 27.0. The zero-order valence-electron chi connectivity index (χ0n) is 9.01. The van der Waals surface area contributed by atoms with E-state index in [0.29, 0.717) is 5.92 Å². The molecule has 0 aliphatic carbocycles. The van der Waals surface area contributed by atoms with Crippen LogP contribution >= 0.6 is 0 Å². The molecule has 1 aliphatic rings. The van der Waals surface area contributed by atoms with Gasteiger partial charge in [-0.25, -0.2) is 0 Å². The fraction of sp³-hybridized carbons (Fsp3) is 0.727. The highest BCUT2D eigenvalue weighted by molar-refractivity contribution is 5.15. The number of hydrogen-bond donors (Lipinski definition) is 2. The van der Waals surface area contributed by atoms with E-state index in [9.17, 15) is 0 Å². The van der Waals surface area contributed by atoms with Gasteiger partial charge in [0.15, 0.2) is 0 Å². The zero-order chi connectivity index (χ0) is 9.97. The van der Waals surface area contributed by atoms with Crippen molar-refractivity contribution in [3.8, 4) is 0 Å². The summed E-state index contributed by atoms with van der Waals surface area (Å²) in [6, 6.07) is 2.18. The van der Waals surface area contributed by atoms with Gasteiger partial charge in [0.2, 0.25) is 0 Å². The zero-order valence-corrected chi connectivity index (χ0v) is 9.01. The molecule has 0 spiro atoms. The van der Waals surface area contributed by atoms with Crippen molar-refractivity contribution in [1.29, 1.82) is 0 Å². The summed E-state index contributed by atoms with van der Waals surface area (Å²) in [6.45, 7) is 6.57. The van der Waals surface area contributed by atoms with Gasteiger partial charge in [0.05, 0.1) is 5.69 Å². The van der Waals surface area contributed by atoms with Crippen molar-refractivity contribution in [3.63, 3.8) is 0 Å². The molecule has 0 saturated carbocycles. The van der Waals surface area contributed by atoms with Crippen LogP contribution < -0.4 is 5.32 Å². The molecule has 1 saturated heterocycles. The average Bonchev–Trinajstić information content (AvgIpc) is 2.74. The number of aromatic amines is 1. The van der Waals surface area contributed by atoms with Gasteiger partial charge < -0.3 is 5.32 Å². The van der Waals surface area contributed by atoms with Crippen LogP contribution in [0.4, 0.5) is 0 Å². The molecule has 0 bridgehead atoms. The van der Waals surface area contributed by atoms with Gasteiger partial charge in [0.25, 0.3) is 0 Å². The first-order valence-electron chi connectivity index (χ1n) is 5.54. The first-order valence-corrected chi connectivity index (χ1v) is 5.54. The van der Waals surface area contributed by atoms with Crippen LogP contribution in [0.5, 0.6) is 0 Å².